The maximum absolute atomic E-state index is 11.2. The van der Waals surface area contributed by atoms with Crippen LogP contribution in [0.3, 0.4) is 0 Å². The van der Waals surface area contributed by atoms with Crippen LogP contribution >= 0.6 is 11.3 Å². The van der Waals surface area contributed by atoms with E-state index in [0.29, 0.717) is 0 Å². The van der Waals surface area contributed by atoms with Gasteiger partial charge < -0.3 is 9.64 Å². The smallest absolute Gasteiger partial charge is 0.186 e. The Kier molecular flexibility index (Phi) is 4.21. The average molecular weight is 296 g/mol. The highest BCUT2D eigenvalue weighted by Gasteiger charge is 2.39. The standard InChI is InChI=1S/C15H24N2O2S/c1-6-7-11-12(8-18)20-13(16-11)17-9-14(2,3)19-15(4,5)10-17/h8H,6-7,9-10H2,1-5H3. The number of carbonyl (C=O) groups excluding carboxylic acids is 1. The van der Waals surface area contributed by atoms with Gasteiger partial charge in [-0.3, -0.25) is 4.79 Å². The summed E-state index contributed by atoms with van der Waals surface area (Å²) in [6.45, 7) is 12.1. The van der Waals surface area contributed by atoms with Crippen LogP contribution in [-0.4, -0.2) is 35.6 Å². The van der Waals surface area contributed by atoms with Gasteiger partial charge in [0.1, 0.15) is 0 Å². The zero-order chi connectivity index (χ0) is 15.0. The topological polar surface area (TPSA) is 42.4 Å². The molecule has 0 saturated carbocycles. The summed E-state index contributed by atoms with van der Waals surface area (Å²) in [4.78, 5) is 18.9. The van der Waals surface area contributed by atoms with E-state index in [0.717, 1.165) is 47.9 Å². The van der Waals surface area contributed by atoms with E-state index in [2.05, 4.69) is 44.5 Å². The normalized spacial score (nSPS) is 20.9. The third-order valence-corrected chi connectivity index (χ3v) is 4.36. The molecule has 2 rings (SSSR count). The number of carbonyl (C=O) groups is 1. The number of aryl methyl sites for hydroxylation is 1. The Bertz CT molecular complexity index is 478. The van der Waals surface area contributed by atoms with E-state index in [4.69, 9.17) is 4.74 Å². The van der Waals surface area contributed by atoms with Crippen LogP contribution < -0.4 is 4.90 Å². The molecular weight excluding hydrogens is 272 g/mol. The fraction of sp³-hybridized carbons (Fsp3) is 0.733. The Balaban J connectivity index is 2.28. The molecule has 1 saturated heterocycles. The Morgan fingerprint density at radius 1 is 1.30 bits per heavy atom. The van der Waals surface area contributed by atoms with Gasteiger partial charge in [0, 0.05) is 13.1 Å². The highest BCUT2D eigenvalue weighted by molar-refractivity contribution is 7.17. The predicted molar refractivity (Wildman–Crippen MR) is 83.0 cm³/mol. The monoisotopic (exact) mass is 296 g/mol. The highest BCUT2D eigenvalue weighted by Crippen LogP contribution is 2.34. The van der Waals surface area contributed by atoms with Crippen molar-refractivity contribution in [1.82, 2.24) is 4.98 Å². The molecule has 1 aromatic heterocycles. The number of rotatable bonds is 4. The number of aromatic nitrogens is 1. The Hall–Kier alpha value is -0.940. The predicted octanol–water partition coefficient (Wildman–Crippen LogP) is 3.30. The van der Waals surface area contributed by atoms with Crippen molar-refractivity contribution in [3.63, 3.8) is 0 Å². The van der Waals surface area contributed by atoms with Crippen molar-refractivity contribution in [3.05, 3.63) is 10.6 Å². The van der Waals surface area contributed by atoms with E-state index < -0.39 is 0 Å². The van der Waals surface area contributed by atoms with Gasteiger partial charge in [-0.2, -0.15) is 0 Å². The van der Waals surface area contributed by atoms with Gasteiger partial charge in [0.2, 0.25) is 0 Å². The quantitative estimate of drug-likeness (QED) is 0.800. The van der Waals surface area contributed by atoms with Gasteiger partial charge in [0.15, 0.2) is 11.4 Å². The maximum Gasteiger partial charge on any atom is 0.186 e. The molecular formula is C15H24N2O2S. The maximum atomic E-state index is 11.2. The average Bonchev–Trinajstić information content (AvgIpc) is 2.68. The molecule has 0 atom stereocenters. The van der Waals surface area contributed by atoms with Gasteiger partial charge in [-0.1, -0.05) is 24.7 Å². The fourth-order valence-corrected chi connectivity index (χ4v) is 3.84. The number of hydrogen-bond acceptors (Lipinski definition) is 5. The third-order valence-electron chi connectivity index (χ3n) is 3.28. The summed E-state index contributed by atoms with van der Waals surface area (Å²) in [6.07, 6.45) is 2.80. The van der Waals surface area contributed by atoms with E-state index in [1.807, 2.05) is 0 Å². The zero-order valence-electron chi connectivity index (χ0n) is 13.0. The number of morpholine rings is 1. The molecule has 0 amide bonds. The van der Waals surface area contributed by atoms with Crippen molar-refractivity contribution in [1.29, 1.82) is 0 Å². The first-order valence-corrected chi connectivity index (χ1v) is 7.98. The summed E-state index contributed by atoms with van der Waals surface area (Å²) in [5, 5.41) is 0.944. The van der Waals surface area contributed by atoms with Gasteiger partial charge in [-0.15, -0.1) is 0 Å². The molecule has 112 valence electrons. The minimum Gasteiger partial charge on any atom is -0.366 e. The molecule has 1 aliphatic heterocycles. The third kappa shape index (κ3) is 3.38. The van der Waals surface area contributed by atoms with Crippen molar-refractivity contribution in [2.45, 2.75) is 58.7 Å². The highest BCUT2D eigenvalue weighted by atomic mass is 32.1. The lowest BCUT2D eigenvalue weighted by Gasteiger charge is -2.47. The SMILES string of the molecule is CCCc1nc(N2CC(C)(C)OC(C)(C)C2)sc1C=O. The lowest BCUT2D eigenvalue weighted by atomic mass is 9.99. The Labute approximate surface area is 125 Å². The molecule has 0 aliphatic carbocycles. The Morgan fingerprint density at radius 3 is 2.40 bits per heavy atom. The van der Waals surface area contributed by atoms with E-state index in [1.54, 1.807) is 0 Å². The summed E-state index contributed by atoms with van der Waals surface area (Å²) < 4.78 is 6.09. The molecule has 0 unspecified atom stereocenters. The Morgan fingerprint density at radius 2 is 1.90 bits per heavy atom. The first-order valence-electron chi connectivity index (χ1n) is 7.16. The number of aldehydes is 1. The summed E-state index contributed by atoms with van der Waals surface area (Å²) in [7, 11) is 0. The van der Waals surface area contributed by atoms with E-state index in [1.165, 1.54) is 11.3 Å². The number of thiazole rings is 1. The van der Waals surface area contributed by atoms with Crippen LogP contribution in [0.5, 0.6) is 0 Å². The molecule has 0 aromatic carbocycles. The van der Waals surface area contributed by atoms with Crippen molar-refractivity contribution in [3.8, 4) is 0 Å². The second-order valence-electron chi connectivity index (χ2n) is 6.65. The van der Waals surface area contributed by atoms with Crippen molar-refractivity contribution in [2.75, 3.05) is 18.0 Å². The summed E-state index contributed by atoms with van der Waals surface area (Å²) in [6, 6.07) is 0. The summed E-state index contributed by atoms with van der Waals surface area (Å²) in [5.41, 5.74) is 0.518. The summed E-state index contributed by atoms with van der Waals surface area (Å²) in [5.74, 6) is 0. The molecule has 20 heavy (non-hydrogen) atoms. The van der Waals surface area contributed by atoms with Crippen LogP contribution in [0.1, 0.15) is 56.4 Å². The second-order valence-corrected chi connectivity index (χ2v) is 7.66. The molecule has 2 heterocycles. The van der Waals surface area contributed by atoms with E-state index >= 15 is 0 Å². The lowest BCUT2D eigenvalue weighted by Crippen LogP contribution is -2.57. The first-order chi connectivity index (χ1) is 9.26. The van der Waals surface area contributed by atoms with Crippen LogP contribution in [0.2, 0.25) is 0 Å². The first kappa shape index (κ1) is 15.4. The molecule has 0 N–H and O–H groups in total. The zero-order valence-corrected chi connectivity index (χ0v) is 13.8. The van der Waals surface area contributed by atoms with Crippen LogP contribution in [0.4, 0.5) is 5.13 Å². The molecule has 5 heteroatoms. The van der Waals surface area contributed by atoms with E-state index in [9.17, 15) is 4.79 Å². The summed E-state index contributed by atoms with van der Waals surface area (Å²) >= 11 is 1.50. The van der Waals surface area contributed by atoms with Crippen LogP contribution in [0, 0.1) is 0 Å². The number of hydrogen-bond donors (Lipinski definition) is 0. The van der Waals surface area contributed by atoms with Crippen molar-refractivity contribution >= 4 is 22.8 Å². The fourth-order valence-electron chi connectivity index (χ4n) is 2.92. The molecule has 0 radical (unpaired) electrons. The van der Waals surface area contributed by atoms with Crippen LogP contribution in [0.25, 0.3) is 0 Å². The van der Waals surface area contributed by atoms with Crippen molar-refractivity contribution in [2.24, 2.45) is 0 Å². The molecule has 4 nitrogen and oxygen atoms in total. The van der Waals surface area contributed by atoms with Gasteiger partial charge in [0.25, 0.3) is 0 Å². The van der Waals surface area contributed by atoms with E-state index in [-0.39, 0.29) is 11.2 Å². The van der Waals surface area contributed by atoms with Crippen LogP contribution in [-0.2, 0) is 11.2 Å². The molecule has 1 fully saturated rings. The van der Waals surface area contributed by atoms with Crippen molar-refractivity contribution < 1.29 is 9.53 Å². The van der Waals surface area contributed by atoms with Gasteiger partial charge in [-0.05, 0) is 34.1 Å². The van der Waals surface area contributed by atoms with Gasteiger partial charge in [0.05, 0.1) is 21.8 Å². The van der Waals surface area contributed by atoms with Gasteiger partial charge in [-0.25, -0.2) is 4.98 Å². The molecule has 1 aromatic rings. The minimum absolute atomic E-state index is 0.209. The number of anilines is 1. The van der Waals surface area contributed by atoms with Crippen LogP contribution in [0.15, 0.2) is 0 Å². The number of nitrogens with zero attached hydrogens (tertiary/aromatic N) is 2. The molecule has 0 spiro atoms. The second kappa shape index (κ2) is 5.45. The largest absolute Gasteiger partial charge is 0.366 e. The number of ether oxygens (including phenoxy) is 1. The van der Waals surface area contributed by atoms with Gasteiger partial charge >= 0.3 is 0 Å². The minimum atomic E-state index is -0.209. The molecule has 1 aliphatic rings. The molecule has 0 bridgehead atoms. The lowest BCUT2D eigenvalue weighted by molar-refractivity contribution is -0.133.